The zero-order valence-corrected chi connectivity index (χ0v) is 5.96. The van der Waals surface area contributed by atoms with Crippen molar-refractivity contribution in [2.24, 2.45) is 0 Å². The summed E-state index contributed by atoms with van der Waals surface area (Å²) in [5.41, 5.74) is 0. The summed E-state index contributed by atoms with van der Waals surface area (Å²) < 4.78 is 15.5. The smallest absolute Gasteiger partial charge is 0.405 e. The Balaban J connectivity index is 2.85. The van der Waals surface area contributed by atoms with Gasteiger partial charge < -0.3 is 4.42 Å². The molecule has 0 aliphatic carbocycles. The maximum Gasteiger partial charge on any atom is 0.435 e. The number of carbonyl (C=O) groups excluding carboxylic acids is 1. The summed E-state index contributed by atoms with van der Waals surface area (Å²) in [6.07, 6.45) is 0. The molecule has 0 aromatic carbocycles. The summed E-state index contributed by atoms with van der Waals surface area (Å²) in [5.74, 6) is -1.84. The Bertz CT molecular complexity index is 250. The van der Waals surface area contributed by atoms with Crippen LogP contribution in [0.2, 0.25) is 0 Å². The van der Waals surface area contributed by atoms with Crippen LogP contribution < -0.4 is 0 Å². The van der Waals surface area contributed by atoms with Gasteiger partial charge in [0.25, 0.3) is 4.80 Å². The van der Waals surface area contributed by atoms with E-state index < -0.39 is 11.9 Å². The molecule has 54 valence electrons. The molecule has 1 heterocycles. The first kappa shape index (κ1) is 7.13. The van der Waals surface area contributed by atoms with E-state index in [2.05, 4.69) is 35.5 Å². The van der Waals surface area contributed by atoms with Crippen molar-refractivity contribution in [1.29, 1.82) is 0 Å². The zero-order valence-electron chi connectivity index (χ0n) is 4.38. The predicted molar refractivity (Wildman–Crippen MR) is 28.5 cm³/mol. The number of hydrogen-bond donors (Lipinski definition) is 0. The number of halogens is 2. The Kier molecular flexibility index (Phi) is 1.95. The number of carbonyl (C=O) groups is 1. The number of nitrogens with zero attached hydrogens (tertiary/aromatic N) is 2. The van der Waals surface area contributed by atoms with Crippen molar-refractivity contribution in [2.75, 3.05) is 0 Å². The third kappa shape index (κ3) is 1.29. The predicted octanol–water partition coefficient (Wildman–Crippen LogP) is 0.873. The van der Waals surface area contributed by atoms with Crippen LogP contribution in [0.5, 0.6) is 0 Å². The van der Waals surface area contributed by atoms with E-state index in [0.29, 0.717) is 0 Å². The van der Waals surface area contributed by atoms with E-state index in [0.717, 1.165) is 0 Å². The first-order valence-corrected chi connectivity index (χ1v) is 2.85. The molecule has 0 aliphatic rings. The summed E-state index contributed by atoms with van der Waals surface area (Å²) in [5, 5.41) is 6.33. The molecule has 5 nitrogen and oxygen atoms in total. The van der Waals surface area contributed by atoms with Crippen LogP contribution in [0.25, 0.3) is 0 Å². The molecule has 0 amide bonds. The lowest BCUT2D eigenvalue weighted by Crippen LogP contribution is -1.98. The fraction of sp³-hybridized carbons (Fsp3) is 0. The summed E-state index contributed by atoms with van der Waals surface area (Å²) in [7, 11) is 0. The summed E-state index contributed by atoms with van der Waals surface area (Å²) >= 11 is 2.76. The maximum atomic E-state index is 11.1. The summed E-state index contributed by atoms with van der Waals surface area (Å²) in [4.78, 5) is 13.0. The topological polar surface area (TPSA) is 65.2 Å². The second-order valence-corrected chi connectivity index (χ2v) is 1.90. The second-order valence-electron chi connectivity index (χ2n) is 1.22. The van der Waals surface area contributed by atoms with E-state index >= 15 is 0 Å². The van der Waals surface area contributed by atoms with E-state index in [-0.39, 0.29) is 4.80 Å². The Morgan fingerprint density at radius 3 is 2.80 bits per heavy atom. The third-order valence-electron chi connectivity index (χ3n) is 0.645. The van der Waals surface area contributed by atoms with Gasteiger partial charge in [-0.25, -0.2) is 9.74 Å². The molecule has 0 unspecified atom stereocenters. The Morgan fingerprint density at radius 1 is 1.70 bits per heavy atom. The third-order valence-corrected chi connectivity index (χ3v) is 0.966. The lowest BCUT2D eigenvalue weighted by molar-refractivity contribution is -0.0819. The van der Waals surface area contributed by atoms with E-state index in [4.69, 9.17) is 0 Å². The second kappa shape index (κ2) is 2.74. The molecule has 0 saturated carbocycles. The zero-order chi connectivity index (χ0) is 7.56. The van der Waals surface area contributed by atoms with Gasteiger partial charge in [0, 0.05) is 20.5 Å². The molecular formula is C3BrFN2O3. The summed E-state index contributed by atoms with van der Waals surface area (Å²) in [6.45, 7) is 0. The van der Waals surface area contributed by atoms with Gasteiger partial charge in [-0.15, -0.1) is 5.10 Å². The van der Waals surface area contributed by atoms with Crippen molar-refractivity contribution in [1.82, 2.24) is 10.2 Å². The molecule has 0 atom stereocenters. The molecule has 0 N–H and O–H groups in total. The molecular weight excluding hydrogens is 211 g/mol. The summed E-state index contributed by atoms with van der Waals surface area (Å²) in [6, 6.07) is 0. The fourth-order valence-corrected chi connectivity index (χ4v) is 0.553. The van der Waals surface area contributed by atoms with Crippen LogP contribution in [0.4, 0.5) is 4.53 Å². The number of aromatic nitrogens is 2. The van der Waals surface area contributed by atoms with Crippen LogP contribution in [-0.4, -0.2) is 16.2 Å². The molecule has 0 fully saturated rings. The van der Waals surface area contributed by atoms with Gasteiger partial charge >= 0.3 is 11.9 Å². The molecule has 0 aliphatic heterocycles. The molecule has 10 heavy (non-hydrogen) atoms. The normalized spacial score (nSPS) is 9.40. The lowest BCUT2D eigenvalue weighted by atomic mass is 10.7. The van der Waals surface area contributed by atoms with Crippen LogP contribution in [0.3, 0.4) is 0 Å². The highest BCUT2D eigenvalue weighted by atomic mass is 79.9. The van der Waals surface area contributed by atoms with E-state index in [9.17, 15) is 9.32 Å². The quantitative estimate of drug-likeness (QED) is 0.689. The standard InChI is InChI=1S/C3BrFN2O3/c4-3-7-6-1(9-3)2(8)10-5. The van der Waals surface area contributed by atoms with E-state index in [1.807, 2.05) is 0 Å². The number of rotatable bonds is 1. The SMILES string of the molecule is O=C(OF)c1nnc(Br)o1. The molecule has 1 aromatic heterocycles. The molecule has 0 spiro atoms. The van der Waals surface area contributed by atoms with Crippen molar-refractivity contribution in [3.05, 3.63) is 10.7 Å². The Morgan fingerprint density at radius 2 is 2.40 bits per heavy atom. The first-order valence-electron chi connectivity index (χ1n) is 2.06. The van der Waals surface area contributed by atoms with Crippen LogP contribution in [0.1, 0.15) is 10.7 Å². The monoisotopic (exact) mass is 210 g/mol. The fourth-order valence-electron chi connectivity index (χ4n) is 0.321. The maximum absolute atomic E-state index is 11.1. The first-order chi connectivity index (χ1) is 4.74. The van der Waals surface area contributed by atoms with Gasteiger partial charge in [-0.05, 0) is 0 Å². The van der Waals surface area contributed by atoms with E-state index in [1.54, 1.807) is 0 Å². The van der Waals surface area contributed by atoms with Gasteiger partial charge in [0.05, 0.1) is 0 Å². The van der Waals surface area contributed by atoms with Crippen LogP contribution in [0, 0.1) is 0 Å². The highest BCUT2D eigenvalue weighted by molar-refractivity contribution is 9.10. The Labute approximate surface area is 62.2 Å². The van der Waals surface area contributed by atoms with Gasteiger partial charge in [0.1, 0.15) is 0 Å². The van der Waals surface area contributed by atoms with Crippen molar-refractivity contribution in [3.63, 3.8) is 0 Å². The van der Waals surface area contributed by atoms with Crippen molar-refractivity contribution < 1.29 is 18.7 Å². The molecule has 0 saturated heterocycles. The van der Waals surface area contributed by atoms with Gasteiger partial charge in [0.15, 0.2) is 0 Å². The largest absolute Gasteiger partial charge is 0.435 e. The minimum absolute atomic E-state index is 0.00657. The molecule has 7 heteroatoms. The van der Waals surface area contributed by atoms with Crippen molar-refractivity contribution >= 4 is 21.9 Å². The minimum atomic E-state index is -1.31. The molecule has 1 rings (SSSR count). The molecule has 0 bridgehead atoms. The minimum Gasteiger partial charge on any atom is -0.405 e. The average Bonchev–Trinajstić information content (AvgIpc) is 2.34. The van der Waals surface area contributed by atoms with Gasteiger partial charge in [-0.2, -0.15) is 0 Å². The average molecular weight is 211 g/mol. The van der Waals surface area contributed by atoms with Crippen LogP contribution in [0.15, 0.2) is 9.22 Å². The van der Waals surface area contributed by atoms with E-state index in [1.165, 1.54) is 0 Å². The molecule has 0 radical (unpaired) electrons. The van der Waals surface area contributed by atoms with Crippen LogP contribution >= 0.6 is 15.9 Å². The van der Waals surface area contributed by atoms with Crippen LogP contribution in [-0.2, 0) is 4.94 Å². The van der Waals surface area contributed by atoms with Gasteiger partial charge in [0.2, 0.25) is 0 Å². The highest BCUT2D eigenvalue weighted by Gasteiger charge is 2.15. The highest BCUT2D eigenvalue weighted by Crippen LogP contribution is 2.07. The number of hydrogen-bond acceptors (Lipinski definition) is 5. The van der Waals surface area contributed by atoms with Crippen molar-refractivity contribution in [3.8, 4) is 0 Å². The lowest BCUT2D eigenvalue weighted by Gasteiger charge is -1.81. The van der Waals surface area contributed by atoms with Gasteiger partial charge in [-0.1, -0.05) is 5.10 Å². The van der Waals surface area contributed by atoms with Crippen molar-refractivity contribution in [2.45, 2.75) is 0 Å². The van der Waals surface area contributed by atoms with Gasteiger partial charge in [-0.3, -0.25) is 0 Å². The molecule has 1 aromatic rings. The Hall–Kier alpha value is -0.980.